The average Bonchev–Trinajstić information content (AvgIpc) is 2.90. The molecule has 0 saturated carbocycles. The van der Waals surface area contributed by atoms with E-state index in [9.17, 15) is 15.0 Å². The third kappa shape index (κ3) is 6.81. The van der Waals surface area contributed by atoms with Crippen LogP contribution in [0.25, 0.3) is 0 Å². The van der Waals surface area contributed by atoms with E-state index in [0.717, 1.165) is 18.2 Å². The van der Waals surface area contributed by atoms with Crippen LogP contribution in [-0.2, 0) is 21.0 Å². The summed E-state index contributed by atoms with van der Waals surface area (Å²) in [4.78, 5) is 16.3. The Morgan fingerprint density at radius 1 is 0.853 bits per heavy atom. The number of carbonyl (C=O) groups is 1. The van der Waals surface area contributed by atoms with E-state index in [1.807, 2.05) is 54.6 Å². The van der Waals surface area contributed by atoms with Crippen LogP contribution in [0.2, 0.25) is 0 Å². The van der Waals surface area contributed by atoms with E-state index >= 15 is 0 Å². The predicted molar refractivity (Wildman–Crippen MR) is 126 cm³/mol. The number of rotatable bonds is 11. The number of aliphatic hydroxyl groups excluding tert-OH is 2. The normalized spacial score (nSPS) is 13.0. The van der Waals surface area contributed by atoms with Crippen molar-refractivity contribution < 1.29 is 34.1 Å². The van der Waals surface area contributed by atoms with Crippen LogP contribution in [-0.4, -0.2) is 48.8 Å². The summed E-state index contributed by atoms with van der Waals surface area (Å²) in [7, 11) is 2.64. The first kappa shape index (κ1) is 24.8. The zero-order chi connectivity index (χ0) is 24.3. The summed E-state index contributed by atoms with van der Waals surface area (Å²) in [5.74, 6) is 0.362. The van der Waals surface area contributed by atoms with Gasteiger partial charge < -0.3 is 29.3 Å². The molecule has 0 amide bonds. The molecule has 2 N–H and O–H groups in total. The average molecular weight is 466 g/mol. The number of methoxy groups -OCH3 is 1. The van der Waals surface area contributed by atoms with E-state index in [1.165, 1.54) is 7.11 Å². The van der Waals surface area contributed by atoms with Crippen molar-refractivity contribution in [2.75, 3.05) is 20.8 Å². The number of hydrogen-bond donors (Lipinski definition) is 2. The first-order valence-electron chi connectivity index (χ1n) is 10.6. The van der Waals surface area contributed by atoms with Crippen LogP contribution in [0.4, 0.5) is 0 Å². The van der Waals surface area contributed by atoms with Crippen molar-refractivity contribution in [2.45, 2.75) is 18.8 Å². The van der Waals surface area contributed by atoms with Gasteiger partial charge in [-0.2, -0.15) is 0 Å². The van der Waals surface area contributed by atoms with Crippen LogP contribution in [0.1, 0.15) is 22.8 Å². The molecule has 0 spiro atoms. The molecule has 0 bridgehead atoms. The molecule has 2 unspecified atom stereocenters. The standard InChI is InChI=1S/C26H27NO7/c1-31-26(30)25(29)24(28)20-10-14-22(15-11-20)33-16-18-8-12-21(13-9-18)34-17-23(27-32-2)19-6-4-3-5-7-19/h3-15,24-25,28-29H,16-17H2,1-2H3/b27-23-. The lowest BCUT2D eigenvalue weighted by Crippen LogP contribution is -2.28. The number of ether oxygens (including phenoxy) is 3. The van der Waals surface area contributed by atoms with Gasteiger partial charge in [0.25, 0.3) is 0 Å². The van der Waals surface area contributed by atoms with Gasteiger partial charge >= 0.3 is 5.97 Å². The Morgan fingerprint density at radius 3 is 2.09 bits per heavy atom. The third-order valence-corrected chi connectivity index (χ3v) is 4.98. The Labute approximate surface area is 198 Å². The molecule has 34 heavy (non-hydrogen) atoms. The van der Waals surface area contributed by atoms with E-state index in [0.29, 0.717) is 29.4 Å². The molecule has 3 rings (SSSR count). The third-order valence-electron chi connectivity index (χ3n) is 4.98. The molecule has 8 heteroatoms. The zero-order valence-electron chi connectivity index (χ0n) is 19.0. The predicted octanol–water partition coefficient (Wildman–Crippen LogP) is 3.26. The number of aliphatic hydroxyl groups is 2. The fraction of sp³-hybridized carbons (Fsp3) is 0.231. The SMILES string of the molecule is CO/N=C(/COc1ccc(COc2ccc(C(O)C(O)C(=O)OC)cc2)cc1)c1ccccc1. The van der Waals surface area contributed by atoms with Crippen molar-refractivity contribution in [1.29, 1.82) is 0 Å². The van der Waals surface area contributed by atoms with E-state index < -0.39 is 18.2 Å². The number of hydrogen-bond acceptors (Lipinski definition) is 8. The highest BCUT2D eigenvalue weighted by molar-refractivity contribution is 6.01. The van der Waals surface area contributed by atoms with Crippen molar-refractivity contribution in [3.05, 3.63) is 95.6 Å². The fourth-order valence-electron chi connectivity index (χ4n) is 3.10. The number of nitrogens with zero attached hydrogens (tertiary/aromatic N) is 1. The second-order valence-electron chi connectivity index (χ2n) is 7.29. The summed E-state index contributed by atoms with van der Waals surface area (Å²) >= 11 is 0. The molecule has 3 aromatic carbocycles. The first-order chi connectivity index (χ1) is 16.5. The Balaban J connectivity index is 1.52. The molecule has 0 fully saturated rings. The summed E-state index contributed by atoms with van der Waals surface area (Å²) in [6, 6.07) is 23.6. The molecular weight excluding hydrogens is 438 g/mol. The van der Waals surface area contributed by atoms with Gasteiger partial charge in [-0.1, -0.05) is 59.8 Å². The molecule has 0 aliphatic heterocycles. The lowest BCUT2D eigenvalue weighted by molar-refractivity contribution is -0.156. The van der Waals surface area contributed by atoms with E-state index in [1.54, 1.807) is 24.3 Å². The summed E-state index contributed by atoms with van der Waals surface area (Å²) < 4.78 is 16.1. The minimum atomic E-state index is -1.65. The summed E-state index contributed by atoms with van der Waals surface area (Å²) in [5.41, 5.74) is 2.92. The fourth-order valence-corrected chi connectivity index (χ4v) is 3.10. The highest BCUT2D eigenvalue weighted by atomic mass is 16.6. The zero-order valence-corrected chi connectivity index (χ0v) is 19.0. The smallest absolute Gasteiger partial charge is 0.337 e. The van der Waals surface area contributed by atoms with E-state index in [2.05, 4.69) is 9.89 Å². The van der Waals surface area contributed by atoms with Crippen LogP contribution >= 0.6 is 0 Å². The minimum absolute atomic E-state index is 0.260. The highest BCUT2D eigenvalue weighted by Gasteiger charge is 2.26. The van der Waals surface area contributed by atoms with Gasteiger partial charge in [0.05, 0.1) is 7.11 Å². The van der Waals surface area contributed by atoms with E-state index in [-0.39, 0.29) is 6.61 Å². The molecular formula is C26H27NO7. The van der Waals surface area contributed by atoms with Crippen LogP contribution in [0.15, 0.2) is 84.0 Å². The van der Waals surface area contributed by atoms with E-state index in [4.69, 9.17) is 14.3 Å². The number of oxime groups is 1. The molecule has 2 atom stereocenters. The molecule has 0 radical (unpaired) electrons. The maximum atomic E-state index is 11.4. The van der Waals surface area contributed by atoms with Gasteiger partial charge in [-0.05, 0) is 35.4 Å². The van der Waals surface area contributed by atoms with Gasteiger partial charge in [-0.3, -0.25) is 0 Å². The Bertz CT molecular complexity index is 1070. The van der Waals surface area contributed by atoms with Crippen molar-refractivity contribution in [3.8, 4) is 11.5 Å². The molecule has 0 heterocycles. The molecule has 0 saturated heterocycles. The van der Waals surface area contributed by atoms with Gasteiger partial charge in [-0.25, -0.2) is 4.79 Å². The molecule has 0 aliphatic carbocycles. The van der Waals surface area contributed by atoms with Crippen molar-refractivity contribution >= 4 is 11.7 Å². The molecule has 8 nitrogen and oxygen atoms in total. The van der Waals surface area contributed by atoms with Gasteiger partial charge in [0.1, 0.15) is 43.6 Å². The Morgan fingerprint density at radius 2 is 1.47 bits per heavy atom. The maximum Gasteiger partial charge on any atom is 0.337 e. The molecule has 0 aromatic heterocycles. The number of carbonyl (C=O) groups excluding carboxylic acids is 1. The lowest BCUT2D eigenvalue weighted by Gasteiger charge is -2.16. The number of esters is 1. The summed E-state index contributed by atoms with van der Waals surface area (Å²) in [6.07, 6.45) is -3.03. The highest BCUT2D eigenvalue weighted by Crippen LogP contribution is 2.22. The van der Waals surface area contributed by atoms with Gasteiger partial charge in [-0.15, -0.1) is 0 Å². The molecule has 0 aliphatic rings. The van der Waals surface area contributed by atoms with Crippen molar-refractivity contribution in [3.63, 3.8) is 0 Å². The van der Waals surface area contributed by atoms with Crippen LogP contribution < -0.4 is 9.47 Å². The largest absolute Gasteiger partial charge is 0.489 e. The van der Waals surface area contributed by atoms with Crippen LogP contribution in [0.5, 0.6) is 11.5 Å². The van der Waals surface area contributed by atoms with Crippen molar-refractivity contribution in [1.82, 2.24) is 0 Å². The summed E-state index contributed by atoms with van der Waals surface area (Å²) in [6.45, 7) is 0.587. The van der Waals surface area contributed by atoms with Gasteiger partial charge in [0, 0.05) is 5.56 Å². The minimum Gasteiger partial charge on any atom is -0.489 e. The topological polar surface area (TPSA) is 107 Å². The Hall–Kier alpha value is -3.88. The first-order valence-corrected chi connectivity index (χ1v) is 10.6. The Kier molecular flexibility index (Phi) is 9.02. The summed E-state index contributed by atoms with van der Waals surface area (Å²) in [5, 5.41) is 23.9. The monoisotopic (exact) mass is 465 g/mol. The van der Waals surface area contributed by atoms with Gasteiger partial charge in [0.15, 0.2) is 6.10 Å². The lowest BCUT2D eigenvalue weighted by atomic mass is 10.0. The number of benzene rings is 3. The quantitative estimate of drug-likeness (QED) is 0.254. The van der Waals surface area contributed by atoms with Crippen LogP contribution in [0, 0.1) is 0 Å². The van der Waals surface area contributed by atoms with Crippen LogP contribution in [0.3, 0.4) is 0 Å². The second-order valence-corrected chi connectivity index (χ2v) is 7.29. The molecule has 3 aromatic rings. The van der Waals surface area contributed by atoms with Gasteiger partial charge in [0.2, 0.25) is 0 Å². The molecule has 178 valence electrons. The van der Waals surface area contributed by atoms with Crippen molar-refractivity contribution in [2.24, 2.45) is 5.16 Å². The second kappa shape index (κ2) is 12.4. The maximum absolute atomic E-state index is 11.4.